The minimum Gasteiger partial charge on any atom is -0.338 e. The number of hydrogen-bond acceptors (Lipinski definition) is 3. The summed E-state index contributed by atoms with van der Waals surface area (Å²) in [5.74, 6) is 1.14. The first-order valence-corrected chi connectivity index (χ1v) is 7.04. The predicted molar refractivity (Wildman–Crippen MR) is 76.5 cm³/mol. The normalized spacial score (nSPS) is 12.3. The lowest BCUT2D eigenvalue weighted by molar-refractivity contribution is 0.0913. The van der Waals surface area contributed by atoms with E-state index in [0.717, 1.165) is 44.7 Å². The van der Waals surface area contributed by atoms with Crippen LogP contribution in [0.25, 0.3) is 0 Å². The van der Waals surface area contributed by atoms with E-state index in [-0.39, 0.29) is 5.54 Å². The van der Waals surface area contributed by atoms with Crippen LogP contribution < -0.4 is 5.73 Å². The molecule has 0 radical (unpaired) electrons. The van der Waals surface area contributed by atoms with E-state index in [2.05, 4.69) is 42.3 Å². The van der Waals surface area contributed by atoms with E-state index in [1.807, 2.05) is 12.4 Å². The number of likely N-dealkylation sites (N-methyl/N-ethyl adjacent to an activating group) is 1. The molecule has 0 aliphatic rings. The molecule has 4 heteroatoms. The lowest BCUT2D eigenvalue weighted by Crippen LogP contribution is -2.53. The van der Waals surface area contributed by atoms with E-state index in [1.165, 1.54) is 0 Å². The van der Waals surface area contributed by atoms with Crippen molar-refractivity contribution in [2.75, 3.05) is 19.6 Å². The Kier molecular flexibility index (Phi) is 5.82. The highest BCUT2D eigenvalue weighted by Crippen LogP contribution is 2.22. The maximum Gasteiger partial charge on any atom is 0.109 e. The minimum atomic E-state index is 0.153. The van der Waals surface area contributed by atoms with Crippen LogP contribution in [0.5, 0.6) is 0 Å². The second-order valence-electron chi connectivity index (χ2n) is 4.92. The van der Waals surface area contributed by atoms with Crippen molar-refractivity contribution in [1.82, 2.24) is 14.5 Å². The summed E-state index contributed by atoms with van der Waals surface area (Å²) < 4.78 is 2.09. The van der Waals surface area contributed by atoms with Gasteiger partial charge < -0.3 is 10.3 Å². The highest BCUT2D eigenvalue weighted by atomic mass is 15.2. The van der Waals surface area contributed by atoms with Crippen molar-refractivity contribution in [3.05, 3.63) is 18.2 Å². The lowest BCUT2D eigenvalue weighted by atomic mass is 9.90. The van der Waals surface area contributed by atoms with Gasteiger partial charge in [0, 0.05) is 44.5 Å². The van der Waals surface area contributed by atoms with Gasteiger partial charge in [-0.2, -0.15) is 0 Å². The van der Waals surface area contributed by atoms with Gasteiger partial charge in [0.25, 0.3) is 0 Å². The highest BCUT2D eigenvalue weighted by Gasteiger charge is 2.30. The second kappa shape index (κ2) is 6.90. The molecular weight excluding hydrogens is 224 g/mol. The average molecular weight is 252 g/mol. The van der Waals surface area contributed by atoms with Gasteiger partial charge in [-0.25, -0.2) is 4.98 Å². The third-order valence-corrected chi connectivity index (χ3v) is 4.28. The van der Waals surface area contributed by atoms with E-state index in [1.54, 1.807) is 0 Å². The topological polar surface area (TPSA) is 47.1 Å². The molecule has 2 N–H and O–H groups in total. The third-order valence-electron chi connectivity index (χ3n) is 4.28. The van der Waals surface area contributed by atoms with Gasteiger partial charge in [-0.1, -0.05) is 20.8 Å². The van der Waals surface area contributed by atoms with E-state index < -0.39 is 0 Å². The molecule has 1 aromatic heterocycles. The summed E-state index contributed by atoms with van der Waals surface area (Å²) in [5.41, 5.74) is 6.17. The van der Waals surface area contributed by atoms with E-state index >= 15 is 0 Å². The van der Waals surface area contributed by atoms with Crippen LogP contribution in [0, 0.1) is 0 Å². The second-order valence-corrected chi connectivity index (χ2v) is 4.92. The Balaban J connectivity index is 2.69. The SMILES string of the molecule is CCN(CCc1nccn1C)C(CC)(CC)CN. The zero-order valence-electron chi connectivity index (χ0n) is 12.3. The molecule has 0 saturated heterocycles. The summed E-state index contributed by atoms with van der Waals surface area (Å²) in [7, 11) is 2.05. The molecule has 0 spiro atoms. The molecule has 0 bridgehead atoms. The van der Waals surface area contributed by atoms with Crippen LogP contribution in [0.1, 0.15) is 39.4 Å². The first-order chi connectivity index (χ1) is 8.63. The highest BCUT2D eigenvalue weighted by molar-refractivity contribution is 4.95. The largest absolute Gasteiger partial charge is 0.338 e. The standard InChI is InChI=1S/C14H28N4/c1-5-14(6-2,12-15)18(7-3)10-8-13-16-9-11-17(13)4/h9,11H,5-8,10,12,15H2,1-4H3. The van der Waals surface area contributed by atoms with Gasteiger partial charge in [0.15, 0.2) is 0 Å². The quantitative estimate of drug-likeness (QED) is 0.767. The van der Waals surface area contributed by atoms with Crippen molar-refractivity contribution >= 4 is 0 Å². The van der Waals surface area contributed by atoms with Crippen LogP contribution in [-0.2, 0) is 13.5 Å². The first kappa shape index (κ1) is 15.2. The minimum absolute atomic E-state index is 0.153. The van der Waals surface area contributed by atoms with Crippen LogP contribution in [0.2, 0.25) is 0 Å². The zero-order chi connectivity index (χ0) is 13.6. The molecule has 0 fully saturated rings. The van der Waals surface area contributed by atoms with Crippen LogP contribution in [0.4, 0.5) is 0 Å². The Morgan fingerprint density at radius 1 is 1.33 bits per heavy atom. The molecule has 0 aliphatic carbocycles. The Morgan fingerprint density at radius 2 is 2.00 bits per heavy atom. The Hall–Kier alpha value is -0.870. The summed E-state index contributed by atoms with van der Waals surface area (Å²) in [5, 5.41) is 0. The van der Waals surface area contributed by atoms with Crippen LogP contribution in [0.15, 0.2) is 12.4 Å². The van der Waals surface area contributed by atoms with Gasteiger partial charge in [0.2, 0.25) is 0 Å². The summed E-state index contributed by atoms with van der Waals surface area (Å²) in [6.07, 6.45) is 7.06. The monoisotopic (exact) mass is 252 g/mol. The number of nitrogens with zero attached hydrogens (tertiary/aromatic N) is 3. The molecule has 0 aliphatic heterocycles. The van der Waals surface area contributed by atoms with Crippen LogP contribution >= 0.6 is 0 Å². The van der Waals surface area contributed by atoms with Crippen molar-refractivity contribution < 1.29 is 0 Å². The van der Waals surface area contributed by atoms with Gasteiger partial charge in [-0.3, -0.25) is 4.90 Å². The van der Waals surface area contributed by atoms with Crippen LogP contribution in [-0.4, -0.2) is 39.6 Å². The number of rotatable bonds is 8. The molecule has 0 unspecified atom stereocenters. The van der Waals surface area contributed by atoms with Crippen molar-refractivity contribution in [1.29, 1.82) is 0 Å². The number of aryl methyl sites for hydroxylation is 1. The predicted octanol–water partition coefficient (Wildman–Crippen LogP) is 1.80. The van der Waals surface area contributed by atoms with Gasteiger partial charge >= 0.3 is 0 Å². The first-order valence-electron chi connectivity index (χ1n) is 7.04. The fraction of sp³-hybridized carbons (Fsp3) is 0.786. The number of hydrogen-bond donors (Lipinski definition) is 1. The van der Waals surface area contributed by atoms with Gasteiger partial charge in [0.1, 0.15) is 5.82 Å². The molecule has 104 valence electrons. The molecule has 4 nitrogen and oxygen atoms in total. The van der Waals surface area contributed by atoms with Gasteiger partial charge in [0.05, 0.1) is 0 Å². The fourth-order valence-electron chi connectivity index (χ4n) is 2.72. The average Bonchev–Trinajstić information content (AvgIpc) is 2.81. The van der Waals surface area contributed by atoms with Crippen molar-refractivity contribution in [3.8, 4) is 0 Å². The van der Waals surface area contributed by atoms with Gasteiger partial charge in [-0.15, -0.1) is 0 Å². The number of imidazole rings is 1. The number of nitrogens with two attached hydrogens (primary N) is 1. The van der Waals surface area contributed by atoms with E-state index in [9.17, 15) is 0 Å². The lowest BCUT2D eigenvalue weighted by Gasteiger charge is -2.42. The zero-order valence-corrected chi connectivity index (χ0v) is 12.3. The Bertz CT molecular complexity index is 333. The molecule has 1 heterocycles. The summed E-state index contributed by atoms with van der Waals surface area (Å²) in [6.45, 7) is 9.49. The Labute approximate surface area is 111 Å². The molecule has 18 heavy (non-hydrogen) atoms. The summed E-state index contributed by atoms with van der Waals surface area (Å²) >= 11 is 0. The third kappa shape index (κ3) is 3.12. The molecule has 0 atom stereocenters. The van der Waals surface area contributed by atoms with Crippen molar-refractivity contribution in [2.45, 2.75) is 45.6 Å². The van der Waals surface area contributed by atoms with Crippen molar-refractivity contribution in [3.63, 3.8) is 0 Å². The Morgan fingerprint density at radius 3 is 2.39 bits per heavy atom. The molecule has 1 rings (SSSR count). The molecule has 0 amide bonds. The van der Waals surface area contributed by atoms with Crippen molar-refractivity contribution in [2.24, 2.45) is 12.8 Å². The molecule has 0 aromatic carbocycles. The number of aromatic nitrogens is 2. The van der Waals surface area contributed by atoms with Crippen LogP contribution in [0.3, 0.4) is 0 Å². The molecule has 1 aromatic rings. The maximum atomic E-state index is 6.02. The molecular formula is C14H28N4. The van der Waals surface area contributed by atoms with E-state index in [0.29, 0.717) is 0 Å². The molecule has 0 saturated carbocycles. The summed E-state index contributed by atoms with van der Waals surface area (Å²) in [4.78, 5) is 6.90. The smallest absolute Gasteiger partial charge is 0.109 e. The summed E-state index contributed by atoms with van der Waals surface area (Å²) in [6, 6.07) is 0. The van der Waals surface area contributed by atoms with Gasteiger partial charge in [-0.05, 0) is 19.4 Å². The van der Waals surface area contributed by atoms with E-state index in [4.69, 9.17) is 5.73 Å². The fourth-order valence-corrected chi connectivity index (χ4v) is 2.72. The maximum absolute atomic E-state index is 6.02.